The van der Waals surface area contributed by atoms with E-state index < -0.39 is 11.6 Å². The number of ether oxygens (including phenoxy) is 1. The van der Waals surface area contributed by atoms with Gasteiger partial charge in [0.1, 0.15) is 5.82 Å². The Balaban J connectivity index is 2.17. The normalized spacial score (nSPS) is 10.7. The SMILES string of the molecule is CCCNCc1cc(C)nc(Oc2cc(F)ccc2F)c1. The molecule has 2 rings (SSSR count). The van der Waals surface area contributed by atoms with Gasteiger partial charge in [-0.3, -0.25) is 0 Å². The van der Waals surface area contributed by atoms with Gasteiger partial charge in [-0.2, -0.15) is 0 Å². The van der Waals surface area contributed by atoms with Gasteiger partial charge in [-0.1, -0.05) is 6.92 Å². The van der Waals surface area contributed by atoms with Crippen molar-refractivity contribution in [2.75, 3.05) is 6.54 Å². The van der Waals surface area contributed by atoms with Crippen LogP contribution < -0.4 is 10.1 Å². The Kier molecular flexibility index (Phi) is 5.22. The van der Waals surface area contributed by atoms with Crippen LogP contribution in [0.1, 0.15) is 24.6 Å². The third-order valence-electron chi connectivity index (χ3n) is 2.85. The van der Waals surface area contributed by atoms with E-state index >= 15 is 0 Å². The number of rotatable bonds is 6. The van der Waals surface area contributed by atoms with E-state index in [2.05, 4.69) is 17.2 Å². The summed E-state index contributed by atoms with van der Waals surface area (Å²) in [6.07, 6.45) is 1.04. The number of benzene rings is 1. The number of hydrogen-bond acceptors (Lipinski definition) is 3. The summed E-state index contributed by atoms with van der Waals surface area (Å²) >= 11 is 0. The topological polar surface area (TPSA) is 34.2 Å². The molecule has 2 aromatic rings. The van der Waals surface area contributed by atoms with Gasteiger partial charge in [0, 0.05) is 24.4 Å². The zero-order chi connectivity index (χ0) is 15.2. The number of pyridine rings is 1. The van der Waals surface area contributed by atoms with E-state index in [0.717, 1.165) is 42.4 Å². The summed E-state index contributed by atoms with van der Waals surface area (Å²) < 4.78 is 32.1. The molecule has 0 saturated heterocycles. The molecule has 0 spiro atoms. The lowest BCUT2D eigenvalue weighted by Gasteiger charge is -2.10. The predicted molar refractivity (Wildman–Crippen MR) is 77.4 cm³/mol. The van der Waals surface area contributed by atoms with Crippen molar-refractivity contribution in [3.8, 4) is 11.6 Å². The largest absolute Gasteiger partial charge is 0.436 e. The van der Waals surface area contributed by atoms with Crippen LogP contribution in [0.5, 0.6) is 11.6 Å². The van der Waals surface area contributed by atoms with E-state index in [1.807, 2.05) is 13.0 Å². The van der Waals surface area contributed by atoms with Crippen LogP contribution in [0, 0.1) is 18.6 Å². The molecule has 1 aromatic heterocycles. The van der Waals surface area contributed by atoms with Gasteiger partial charge in [0.2, 0.25) is 5.88 Å². The summed E-state index contributed by atoms with van der Waals surface area (Å²) in [5.41, 5.74) is 1.75. The van der Waals surface area contributed by atoms with Crippen LogP contribution >= 0.6 is 0 Å². The molecular formula is C16H18F2N2O. The number of aromatic nitrogens is 1. The fraction of sp³-hybridized carbons (Fsp3) is 0.312. The number of halogens is 2. The first-order valence-corrected chi connectivity index (χ1v) is 6.89. The van der Waals surface area contributed by atoms with Crippen molar-refractivity contribution in [1.82, 2.24) is 10.3 Å². The average molecular weight is 292 g/mol. The minimum absolute atomic E-state index is 0.166. The molecule has 1 aromatic carbocycles. The Morgan fingerprint density at radius 2 is 2.00 bits per heavy atom. The van der Waals surface area contributed by atoms with Gasteiger partial charge in [0.15, 0.2) is 11.6 Å². The Labute approximate surface area is 123 Å². The minimum Gasteiger partial charge on any atom is -0.436 e. The van der Waals surface area contributed by atoms with Crippen LogP contribution in [0.15, 0.2) is 30.3 Å². The predicted octanol–water partition coefficient (Wildman–Crippen LogP) is 3.96. The summed E-state index contributed by atoms with van der Waals surface area (Å²) in [6, 6.07) is 6.74. The fourth-order valence-electron chi connectivity index (χ4n) is 1.94. The summed E-state index contributed by atoms with van der Waals surface area (Å²) in [5, 5.41) is 3.27. The standard InChI is InChI=1S/C16H18F2N2O/c1-3-6-19-10-12-7-11(2)20-16(8-12)21-15-9-13(17)4-5-14(15)18/h4-5,7-9,19H,3,6,10H2,1-2H3. The van der Waals surface area contributed by atoms with Crippen molar-refractivity contribution in [2.45, 2.75) is 26.8 Å². The summed E-state index contributed by atoms with van der Waals surface area (Å²) in [5.74, 6) is -1.08. The van der Waals surface area contributed by atoms with Crippen LogP contribution in [-0.2, 0) is 6.54 Å². The maximum absolute atomic E-state index is 13.6. The second-order valence-corrected chi connectivity index (χ2v) is 4.81. The van der Waals surface area contributed by atoms with Crippen LogP contribution in [0.3, 0.4) is 0 Å². The monoisotopic (exact) mass is 292 g/mol. The molecule has 0 bridgehead atoms. The first-order chi connectivity index (χ1) is 10.1. The molecule has 0 aliphatic rings. The molecule has 0 amide bonds. The first kappa shape index (κ1) is 15.4. The van der Waals surface area contributed by atoms with Gasteiger partial charge in [0.05, 0.1) is 0 Å². The van der Waals surface area contributed by atoms with Crippen LogP contribution in [0.25, 0.3) is 0 Å². The minimum atomic E-state index is -0.620. The zero-order valence-electron chi connectivity index (χ0n) is 12.1. The molecule has 5 heteroatoms. The maximum Gasteiger partial charge on any atom is 0.219 e. The van der Waals surface area contributed by atoms with Gasteiger partial charge >= 0.3 is 0 Å². The van der Waals surface area contributed by atoms with Crippen molar-refractivity contribution in [2.24, 2.45) is 0 Å². The molecule has 0 unspecified atom stereocenters. The Hall–Kier alpha value is -2.01. The molecule has 21 heavy (non-hydrogen) atoms. The molecule has 0 aliphatic carbocycles. The smallest absolute Gasteiger partial charge is 0.219 e. The quantitative estimate of drug-likeness (QED) is 0.818. The fourth-order valence-corrected chi connectivity index (χ4v) is 1.94. The third-order valence-corrected chi connectivity index (χ3v) is 2.85. The molecule has 0 saturated carbocycles. The molecule has 3 nitrogen and oxygen atoms in total. The molecule has 0 fully saturated rings. The van der Waals surface area contributed by atoms with E-state index in [0.29, 0.717) is 6.54 Å². The number of nitrogens with zero attached hydrogens (tertiary/aromatic N) is 1. The van der Waals surface area contributed by atoms with E-state index in [1.165, 1.54) is 0 Å². The lowest BCUT2D eigenvalue weighted by atomic mass is 10.2. The maximum atomic E-state index is 13.6. The highest BCUT2D eigenvalue weighted by Gasteiger charge is 2.08. The molecule has 0 radical (unpaired) electrons. The van der Waals surface area contributed by atoms with E-state index in [1.54, 1.807) is 6.07 Å². The Morgan fingerprint density at radius 3 is 2.76 bits per heavy atom. The number of nitrogens with one attached hydrogen (secondary N) is 1. The highest BCUT2D eigenvalue weighted by molar-refractivity contribution is 5.32. The Bertz CT molecular complexity index is 617. The zero-order valence-corrected chi connectivity index (χ0v) is 12.1. The number of hydrogen-bond donors (Lipinski definition) is 1. The van der Waals surface area contributed by atoms with Gasteiger partial charge in [-0.05, 0) is 43.7 Å². The molecule has 0 aliphatic heterocycles. The van der Waals surface area contributed by atoms with Crippen molar-refractivity contribution >= 4 is 0 Å². The lowest BCUT2D eigenvalue weighted by Crippen LogP contribution is -2.14. The summed E-state index contributed by atoms with van der Waals surface area (Å²) in [7, 11) is 0. The molecular weight excluding hydrogens is 274 g/mol. The average Bonchev–Trinajstić information content (AvgIpc) is 2.43. The third kappa shape index (κ3) is 4.49. The van der Waals surface area contributed by atoms with Crippen molar-refractivity contribution in [1.29, 1.82) is 0 Å². The van der Waals surface area contributed by atoms with Gasteiger partial charge in [-0.25, -0.2) is 13.8 Å². The number of aryl methyl sites for hydroxylation is 1. The van der Waals surface area contributed by atoms with E-state index in [4.69, 9.17) is 4.74 Å². The molecule has 0 atom stereocenters. The van der Waals surface area contributed by atoms with Gasteiger partial charge in [0.25, 0.3) is 0 Å². The van der Waals surface area contributed by atoms with Gasteiger partial charge in [-0.15, -0.1) is 0 Å². The highest BCUT2D eigenvalue weighted by Crippen LogP contribution is 2.24. The van der Waals surface area contributed by atoms with E-state index in [9.17, 15) is 8.78 Å². The first-order valence-electron chi connectivity index (χ1n) is 6.89. The summed E-state index contributed by atoms with van der Waals surface area (Å²) in [6.45, 7) is 5.51. The second kappa shape index (κ2) is 7.13. The Morgan fingerprint density at radius 1 is 1.19 bits per heavy atom. The van der Waals surface area contributed by atoms with Crippen LogP contribution in [0.2, 0.25) is 0 Å². The molecule has 1 heterocycles. The van der Waals surface area contributed by atoms with Crippen LogP contribution in [0.4, 0.5) is 8.78 Å². The molecule has 112 valence electrons. The molecule has 1 N–H and O–H groups in total. The van der Waals surface area contributed by atoms with Crippen molar-refractivity contribution in [3.05, 3.63) is 53.2 Å². The van der Waals surface area contributed by atoms with Crippen molar-refractivity contribution < 1.29 is 13.5 Å². The van der Waals surface area contributed by atoms with Gasteiger partial charge < -0.3 is 10.1 Å². The van der Waals surface area contributed by atoms with E-state index in [-0.39, 0.29) is 11.6 Å². The summed E-state index contributed by atoms with van der Waals surface area (Å²) in [4.78, 5) is 4.19. The highest BCUT2D eigenvalue weighted by atomic mass is 19.1. The van der Waals surface area contributed by atoms with Crippen molar-refractivity contribution in [3.63, 3.8) is 0 Å². The van der Waals surface area contributed by atoms with Crippen LogP contribution in [-0.4, -0.2) is 11.5 Å². The second-order valence-electron chi connectivity index (χ2n) is 4.81. The lowest BCUT2D eigenvalue weighted by molar-refractivity contribution is 0.421.